The van der Waals surface area contributed by atoms with Gasteiger partial charge in [-0.15, -0.1) is 0 Å². The second-order valence-corrected chi connectivity index (χ2v) is 16.2. The molecule has 0 N–H and O–H groups in total. The van der Waals surface area contributed by atoms with Gasteiger partial charge >= 0.3 is 6.01 Å². The van der Waals surface area contributed by atoms with Crippen molar-refractivity contribution in [3.8, 4) is 34.0 Å². The van der Waals surface area contributed by atoms with Crippen LogP contribution in [0.4, 0.5) is 0 Å². The molecule has 0 saturated carbocycles. The van der Waals surface area contributed by atoms with Crippen LogP contribution in [0.5, 0.6) is 6.01 Å². The Labute approximate surface area is 281 Å². The fourth-order valence-electron chi connectivity index (χ4n) is 7.43. The molecule has 4 heteroatoms. The molecule has 0 saturated heterocycles. The van der Waals surface area contributed by atoms with Crippen LogP contribution in [0, 0.1) is 0 Å². The van der Waals surface area contributed by atoms with E-state index >= 15 is 0 Å². The van der Waals surface area contributed by atoms with Crippen LogP contribution in [0.25, 0.3) is 39.0 Å². The van der Waals surface area contributed by atoms with Gasteiger partial charge in [-0.2, -0.15) is 4.98 Å². The number of benzene rings is 7. The highest BCUT2D eigenvalue weighted by Crippen LogP contribution is 2.34. The van der Waals surface area contributed by atoms with E-state index in [9.17, 15) is 0 Å². The Morgan fingerprint density at radius 1 is 0.458 bits per heavy atom. The zero-order valence-electron chi connectivity index (χ0n) is 26.3. The third-order valence-electron chi connectivity index (χ3n) is 9.66. The Kier molecular flexibility index (Phi) is 6.88. The molecule has 1 aliphatic rings. The summed E-state index contributed by atoms with van der Waals surface area (Å²) in [6, 6.07) is 67.0. The highest BCUT2D eigenvalue weighted by atomic mass is 28.3. The Morgan fingerprint density at radius 2 is 0.979 bits per heavy atom. The molecule has 0 radical (unpaired) electrons. The van der Waals surface area contributed by atoms with Gasteiger partial charge in [-0.05, 0) is 61.2 Å². The monoisotopic (exact) mass is 632 g/mol. The van der Waals surface area contributed by atoms with E-state index in [1.54, 1.807) is 0 Å². The van der Waals surface area contributed by atoms with Crippen LogP contribution in [0.3, 0.4) is 0 Å². The molecule has 0 unspecified atom stereocenters. The molecule has 1 aliphatic heterocycles. The molecule has 0 atom stereocenters. The van der Waals surface area contributed by atoms with Crippen molar-refractivity contribution >= 4 is 39.9 Å². The normalized spacial score (nSPS) is 12.2. The van der Waals surface area contributed by atoms with Crippen molar-refractivity contribution in [3.05, 3.63) is 188 Å². The summed E-state index contributed by atoms with van der Waals surface area (Å²) in [5, 5.41) is 5.40. The van der Waals surface area contributed by atoms with Gasteiger partial charge in [0.15, 0.2) is 8.07 Å². The number of hydrogen-bond acceptors (Lipinski definition) is 2. The summed E-state index contributed by atoms with van der Waals surface area (Å²) in [6.07, 6.45) is 0. The zero-order valence-corrected chi connectivity index (χ0v) is 27.3. The van der Waals surface area contributed by atoms with Crippen LogP contribution in [-0.2, 0) is 6.61 Å². The number of rotatable bonds is 6. The van der Waals surface area contributed by atoms with Gasteiger partial charge in [0.2, 0.25) is 0 Å². The van der Waals surface area contributed by atoms with E-state index in [1.165, 1.54) is 43.0 Å². The average molecular weight is 633 g/mol. The second-order valence-electron chi connectivity index (χ2n) is 12.4. The number of ether oxygens (including phenoxy) is 1. The lowest BCUT2D eigenvalue weighted by Gasteiger charge is -2.35. The van der Waals surface area contributed by atoms with Crippen LogP contribution in [0.2, 0.25) is 0 Å². The van der Waals surface area contributed by atoms with Crippen molar-refractivity contribution in [1.82, 2.24) is 9.55 Å². The van der Waals surface area contributed by atoms with Gasteiger partial charge in [0, 0.05) is 5.56 Å². The molecular formula is C44H32N2OSi. The number of fused-ring (bicyclic) bond motifs is 5. The smallest absolute Gasteiger partial charge is 0.302 e. The standard InChI is InChI=1S/C44H32N2OSi/c1-4-14-32(15-5-1)33-17-12-23-39(28-33)48(37-19-6-2-7-20-37,38-21-8-3-9-22-38)40-24-13-18-34(29-40)35-26-27-43-41(30-35)45-44-46(43)42-25-11-10-16-36(42)31-47-44/h1-30H,31H2. The predicted octanol–water partition coefficient (Wildman–Crippen LogP) is 7.63. The van der Waals surface area contributed by atoms with E-state index in [1.807, 2.05) is 0 Å². The van der Waals surface area contributed by atoms with Crippen molar-refractivity contribution in [2.75, 3.05) is 0 Å². The Balaban J connectivity index is 1.25. The molecule has 0 amide bonds. The second kappa shape index (κ2) is 11.7. The maximum atomic E-state index is 6.09. The molecule has 228 valence electrons. The van der Waals surface area contributed by atoms with Crippen LogP contribution in [-0.4, -0.2) is 17.6 Å². The minimum Gasteiger partial charge on any atom is -0.459 e. The summed E-state index contributed by atoms with van der Waals surface area (Å²) in [6.45, 7) is 0.533. The lowest BCUT2D eigenvalue weighted by molar-refractivity contribution is 0.265. The first-order chi connectivity index (χ1) is 23.8. The molecule has 9 rings (SSSR count). The maximum absolute atomic E-state index is 6.09. The summed E-state index contributed by atoms with van der Waals surface area (Å²) in [7, 11) is -2.77. The van der Waals surface area contributed by atoms with E-state index in [0.717, 1.165) is 22.3 Å². The van der Waals surface area contributed by atoms with E-state index in [2.05, 4.69) is 187 Å². The van der Waals surface area contributed by atoms with Gasteiger partial charge in [-0.3, -0.25) is 4.57 Å². The van der Waals surface area contributed by atoms with Crippen LogP contribution in [0.15, 0.2) is 182 Å². The molecule has 0 spiro atoms. The Hall–Kier alpha value is -5.97. The molecule has 0 bridgehead atoms. The quantitative estimate of drug-likeness (QED) is 0.139. The predicted molar refractivity (Wildman–Crippen MR) is 200 cm³/mol. The third kappa shape index (κ3) is 4.61. The van der Waals surface area contributed by atoms with Gasteiger partial charge in [-0.1, -0.05) is 164 Å². The third-order valence-corrected chi connectivity index (χ3v) is 14.4. The number of hydrogen-bond donors (Lipinski definition) is 0. The molecule has 8 aromatic rings. The molecular weight excluding hydrogens is 601 g/mol. The van der Waals surface area contributed by atoms with Crippen molar-refractivity contribution in [2.45, 2.75) is 6.61 Å². The topological polar surface area (TPSA) is 27.1 Å². The van der Waals surface area contributed by atoms with E-state index in [-0.39, 0.29) is 0 Å². The van der Waals surface area contributed by atoms with Gasteiger partial charge in [0.05, 0.1) is 16.7 Å². The number of imidazole rings is 1. The Bertz CT molecular complexity index is 2360. The SMILES string of the molecule is c1ccc(-c2cccc([Si](c3ccccc3)(c3ccccc3)c3cccc(-c4ccc5c(c4)nc4n5-c5ccccc5CO4)c3)c2)cc1. The highest BCUT2D eigenvalue weighted by Gasteiger charge is 2.41. The van der Waals surface area contributed by atoms with Gasteiger partial charge in [-0.25, -0.2) is 0 Å². The van der Waals surface area contributed by atoms with Crippen molar-refractivity contribution < 1.29 is 4.74 Å². The van der Waals surface area contributed by atoms with Crippen LogP contribution >= 0.6 is 0 Å². The highest BCUT2D eigenvalue weighted by molar-refractivity contribution is 7.20. The molecule has 3 nitrogen and oxygen atoms in total. The number of nitrogens with zero attached hydrogens (tertiary/aromatic N) is 2. The summed E-state index contributed by atoms with van der Waals surface area (Å²) < 4.78 is 8.23. The minimum absolute atomic E-state index is 0.533. The van der Waals surface area contributed by atoms with E-state index < -0.39 is 8.07 Å². The zero-order chi connectivity index (χ0) is 31.9. The van der Waals surface area contributed by atoms with Crippen molar-refractivity contribution in [3.63, 3.8) is 0 Å². The summed E-state index contributed by atoms with van der Waals surface area (Å²) >= 11 is 0. The molecule has 0 aliphatic carbocycles. The average Bonchev–Trinajstić information content (AvgIpc) is 3.55. The van der Waals surface area contributed by atoms with Gasteiger partial charge in [0.25, 0.3) is 0 Å². The molecule has 48 heavy (non-hydrogen) atoms. The first-order valence-electron chi connectivity index (χ1n) is 16.4. The lowest BCUT2D eigenvalue weighted by atomic mass is 10.1. The number of aromatic nitrogens is 2. The largest absolute Gasteiger partial charge is 0.459 e. The minimum atomic E-state index is -2.77. The summed E-state index contributed by atoms with van der Waals surface area (Å²) in [4.78, 5) is 4.94. The van der Waals surface area contributed by atoms with Crippen molar-refractivity contribution in [2.24, 2.45) is 0 Å². The van der Waals surface area contributed by atoms with Crippen LogP contribution < -0.4 is 25.5 Å². The molecule has 7 aromatic carbocycles. The van der Waals surface area contributed by atoms with Gasteiger partial charge in [0.1, 0.15) is 6.61 Å². The fourth-order valence-corrected chi connectivity index (χ4v) is 12.3. The molecule has 1 aromatic heterocycles. The fraction of sp³-hybridized carbons (Fsp3) is 0.0227. The molecule has 2 heterocycles. The van der Waals surface area contributed by atoms with E-state index in [4.69, 9.17) is 9.72 Å². The van der Waals surface area contributed by atoms with Crippen LogP contribution in [0.1, 0.15) is 5.56 Å². The maximum Gasteiger partial charge on any atom is 0.302 e. The first-order valence-corrected chi connectivity index (χ1v) is 18.4. The first kappa shape index (κ1) is 28.3. The number of para-hydroxylation sites is 1. The van der Waals surface area contributed by atoms with Crippen molar-refractivity contribution in [1.29, 1.82) is 0 Å². The van der Waals surface area contributed by atoms with Gasteiger partial charge < -0.3 is 4.74 Å². The Morgan fingerprint density at radius 3 is 1.65 bits per heavy atom. The van der Waals surface area contributed by atoms with E-state index in [0.29, 0.717) is 12.6 Å². The molecule has 0 fully saturated rings. The summed E-state index contributed by atoms with van der Waals surface area (Å²) in [5.41, 5.74) is 9.03. The summed E-state index contributed by atoms with van der Waals surface area (Å²) in [5.74, 6) is 0. The lowest BCUT2D eigenvalue weighted by Crippen LogP contribution is -2.74.